The molecule has 0 atom stereocenters. The van der Waals surface area contributed by atoms with E-state index >= 15 is 0 Å². The summed E-state index contributed by atoms with van der Waals surface area (Å²) in [6.45, 7) is 6.08. The molecule has 0 fully saturated rings. The van der Waals surface area contributed by atoms with Crippen molar-refractivity contribution >= 4 is 35.6 Å². The van der Waals surface area contributed by atoms with Crippen LogP contribution in [0.15, 0.2) is 60.7 Å². The van der Waals surface area contributed by atoms with E-state index in [4.69, 9.17) is 23.2 Å². The van der Waals surface area contributed by atoms with Crippen LogP contribution in [0.3, 0.4) is 0 Å². The highest BCUT2D eigenvalue weighted by molar-refractivity contribution is 6.18. The highest BCUT2D eigenvalue weighted by Gasteiger charge is 2.07. The average molecular weight is 444 g/mol. The fourth-order valence-electron chi connectivity index (χ4n) is 3.31. The Labute approximate surface area is 187 Å². The van der Waals surface area contributed by atoms with Crippen molar-refractivity contribution in [1.82, 2.24) is 9.80 Å². The number of hydrogen-bond donors (Lipinski definition) is 0. The minimum atomic E-state index is 0. The SMILES string of the molecule is Cl.ClCCN(CCCCCN(CCCl)Cc1ccccc1)Cc1ccccc1. The number of benzene rings is 2. The molecule has 0 radical (unpaired) electrons. The topological polar surface area (TPSA) is 6.48 Å². The van der Waals surface area contributed by atoms with Crippen LogP contribution in [0.1, 0.15) is 30.4 Å². The van der Waals surface area contributed by atoms with Crippen LogP contribution in [0.4, 0.5) is 0 Å². The van der Waals surface area contributed by atoms with E-state index < -0.39 is 0 Å². The third-order valence-corrected chi connectivity index (χ3v) is 5.09. The molecular weight excluding hydrogens is 411 g/mol. The van der Waals surface area contributed by atoms with E-state index in [1.807, 2.05) is 0 Å². The van der Waals surface area contributed by atoms with Gasteiger partial charge in [0.15, 0.2) is 0 Å². The summed E-state index contributed by atoms with van der Waals surface area (Å²) in [4.78, 5) is 4.92. The van der Waals surface area contributed by atoms with Crippen LogP contribution in [0.2, 0.25) is 0 Å². The van der Waals surface area contributed by atoms with Crippen LogP contribution < -0.4 is 0 Å². The maximum absolute atomic E-state index is 6.00. The van der Waals surface area contributed by atoms with Crippen LogP contribution in [0.25, 0.3) is 0 Å². The first-order chi connectivity index (χ1) is 13.3. The number of alkyl halides is 2. The van der Waals surface area contributed by atoms with Crippen molar-refractivity contribution in [1.29, 1.82) is 0 Å². The van der Waals surface area contributed by atoms with Gasteiger partial charge in [0.1, 0.15) is 0 Å². The molecule has 0 N–H and O–H groups in total. The van der Waals surface area contributed by atoms with Crippen molar-refractivity contribution in [3.8, 4) is 0 Å². The lowest BCUT2D eigenvalue weighted by Gasteiger charge is -2.23. The van der Waals surface area contributed by atoms with Crippen LogP contribution in [-0.2, 0) is 13.1 Å². The molecule has 5 heteroatoms. The van der Waals surface area contributed by atoms with E-state index in [-0.39, 0.29) is 12.4 Å². The lowest BCUT2D eigenvalue weighted by atomic mass is 10.1. The van der Waals surface area contributed by atoms with Crippen molar-refractivity contribution in [2.75, 3.05) is 37.9 Å². The van der Waals surface area contributed by atoms with Crippen molar-refractivity contribution < 1.29 is 0 Å². The summed E-state index contributed by atoms with van der Waals surface area (Å²) in [6, 6.07) is 21.3. The van der Waals surface area contributed by atoms with E-state index in [1.165, 1.54) is 30.4 Å². The molecule has 0 unspecified atom stereocenters. The van der Waals surface area contributed by atoms with Crippen molar-refractivity contribution in [3.05, 3.63) is 71.8 Å². The Hall–Kier alpha value is -0.770. The number of rotatable bonds is 14. The maximum Gasteiger partial charge on any atom is 0.0351 e. The molecule has 2 rings (SSSR count). The Morgan fingerprint density at radius 3 is 1.29 bits per heavy atom. The zero-order valence-corrected chi connectivity index (χ0v) is 18.9. The monoisotopic (exact) mass is 442 g/mol. The molecule has 0 bridgehead atoms. The third-order valence-electron chi connectivity index (χ3n) is 4.75. The van der Waals surface area contributed by atoms with E-state index in [0.29, 0.717) is 11.8 Å². The summed E-state index contributed by atoms with van der Waals surface area (Å²) in [5, 5.41) is 0. The van der Waals surface area contributed by atoms with Crippen LogP contribution in [0.5, 0.6) is 0 Å². The first-order valence-electron chi connectivity index (χ1n) is 9.96. The second kappa shape index (κ2) is 16.1. The Balaban J connectivity index is 0.00000392. The van der Waals surface area contributed by atoms with E-state index in [9.17, 15) is 0 Å². The quantitative estimate of drug-likeness (QED) is 0.258. The predicted octanol–water partition coefficient (Wildman–Crippen LogP) is 6.06. The Morgan fingerprint density at radius 2 is 0.929 bits per heavy atom. The van der Waals surface area contributed by atoms with Crippen molar-refractivity contribution in [3.63, 3.8) is 0 Å². The number of nitrogens with zero attached hydrogens (tertiary/aromatic N) is 2. The van der Waals surface area contributed by atoms with Gasteiger partial charge in [-0.3, -0.25) is 9.80 Å². The van der Waals surface area contributed by atoms with E-state index in [1.54, 1.807) is 0 Å². The van der Waals surface area contributed by atoms with Crippen molar-refractivity contribution in [2.24, 2.45) is 0 Å². The highest BCUT2D eigenvalue weighted by Crippen LogP contribution is 2.09. The summed E-state index contributed by atoms with van der Waals surface area (Å²) >= 11 is 12.0. The Bertz CT molecular complexity index is 542. The zero-order chi connectivity index (χ0) is 19.2. The van der Waals surface area contributed by atoms with Gasteiger partial charge in [-0.05, 0) is 37.1 Å². The molecule has 0 aliphatic heterocycles. The summed E-state index contributed by atoms with van der Waals surface area (Å²) in [5.41, 5.74) is 2.72. The normalized spacial score (nSPS) is 11.0. The van der Waals surface area contributed by atoms with Gasteiger partial charge in [0.05, 0.1) is 0 Å². The molecule has 2 nitrogen and oxygen atoms in total. The molecule has 2 aromatic rings. The third kappa shape index (κ3) is 10.7. The molecule has 0 saturated heterocycles. The second-order valence-corrected chi connectivity index (χ2v) is 7.72. The molecule has 0 heterocycles. The molecule has 28 heavy (non-hydrogen) atoms. The summed E-state index contributed by atoms with van der Waals surface area (Å²) in [5.74, 6) is 1.38. The van der Waals surface area contributed by atoms with Gasteiger partial charge in [0, 0.05) is 37.9 Å². The second-order valence-electron chi connectivity index (χ2n) is 6.96. The molecule has 0 amide bonds. The molecule has 0 aliphatic carbocycles. The van der Waals surface area contributed by atoms with Gasteiger partial charge in [-0.2, -0.15) is 0 Å². The molecule has 0 aliphatic rings. The molecular formula is C23H33Cl3N2. The Kier molecular flexibility index (Phi) is 14.5. The standard InChI is InChI=1S/C23H32Cl2N2.ClH/c24-14-18-26(20-22-10-4-1-5-11-22)16-8-3-9-17-27(19-15-25)21-23-12-6-2-7-13-23;/h1-2,4-7,10-13H,3,8-9,14-21H2;1H. The lowest BCUT2D eigenvalue weighted by Crippen LogP contribution is -2.28. The smallest absolute Gasteiger partial charge is 0.0351 e. The van der Waals surface area contributed by atoms with Gasteiger partial charge >= 0.3 is 0 Å². The Morgan fingerprint density at radius 1 is 0.536 bits per heavy atom. The number of hydrogen-bond acceptors (Lipinski definition) is 2. The first kappa shape index (κ1) is 25.3. The van der Waals surface area contributed by atoms with Gasteiger partial charge in [-0.15, -0.1) is 35.6 Å². The molecule has 2 aromatic carbocycles. The first-order valence-corrected chi connectivity index (χ1v) is 11.0. The molecule has 0 aromatic heterocycles. The van der Waals surface area contributed by atoms with E-state index in [2.05, 4.69) is 70.5 Å². The zero-order valence-electron chi connectivity index (χ0n) is 16.6. The highest BCUT2D eigenvalue weighted by atomic mass is 35.5. The summed E-state index contributed by atoms with van der Waals surface area (Å²) in [6.07, 6.45) is 3.66. The summed E-state index contributed by atoms with van der Waals surface area (Å²) < 4.78 is 0. The maximum atomic E-state index is 6.00. The van der Waals surface area contributed by atoms with E-state index in [0.717, 1.165) is 39.3 Å². The van der Waals surface area contributed by atoms with Gasteiger partial charge in [-0.25, -0.2) is 0 Å². The van der Waals surface area contributed by atoms with Crippen LogP contribution in [0, 0.1) is 0 Å². The predicted molar refractivity (Wildman–Crippen MR) is 126 cm³/mol. The minimum absolute atomic E-state index is 0. The minimum Gasteiger partial charge on any atom is -0.298 e. The van der Waals surface area contributed by atoms with Gasteiger partial charge < -0.3 is 0 Å². The molecule has 0 saturated carbocycles. The fourth-order valence-corrected chi connectivity index (χ4v) is 3.79. The largest absolute Gasteiger partial charge is 0.298 e. The number of halogens is 3. The van der Waals surface area contributed by atoms with Gasteiger partial charge in [0.25, 0.3) is 0 Å². The average Bonchev–Trinajstić information content (AvgIpc) is 2.69. The van der Waals surface area contributed by atoms with Gasteiger partial charge in [0.2, 0.25) is 0 Å². The molecule has 0 spiro atoms. The lowest BCUT2D eigenvalue weighted by molar-refractivity contribution is 0.256. The van der Waals surface area contributed by atoms with Gasteiger partial charge in [-0.1, -0.05) is 67.1 Å². The summed E-state index contributed by atoms with van der Waals surface area (Å²) in [7, 11) is 0. The van der Waals surface area contributed by atoms with Crippen molar-refractivity contribution in [2.45, 2.75) is 32.4 Å². The molecule has 156 valence electrons. The van der Waals surface area contributed by atoms with Crippen LogP contribution in [-0.4, -0.2) is 47.7 Å². The fraction of sp³-hybridized carbons (Fsp3) is 0.478. The van der Waals surface area contributed by atoms with Crippen LogP contribution >= 0.6 is 35.6 Å². The number of unbranched alkanes of at least 4 members (excludes halogenated alkanes) is 2.